The lowest BCUT2D eigenvalue weighted by atomic mass is 9.32. The van der Waals surface area contributed by atoms with Crippen LogP contribution in [0.2, 0.25) is 0 Å². The molecule has 4 nitrogen and oxygen atoms in total. The van der Waals surface area contributed by atoms with E-state index in [0.717, 1.165) is 0 Å². The van der Waals surface area contributed by atoms with Crippen LogP contribution >= 0.6 is 0 Å². The Morgan fingerprint density at radius 3 is 0.904 bits per heavy atom. The topological polar surface area (TPSA) is 13.0 Å². The largest absolute Gasteiger partial charge is 0.311 e. The van der Waals surface area contributed by atoms with Gasteiger partial charge < -0.3 is 19.6 Å². The Kier molecular flexibility index (Phi) is 20.5. The van der Waals surface area contributed by atoms with Crippen LogP contribution in [0.1, 0.15) is 385 Å². The molecule has 10 aromatic rings. The number of anilines is 12. The van der Waals surface area contributed by atoms with E-state index in [9.17, 15) is 0 Å². The Morgan fingerprint density at radius 1 is 0.240 bits per heavy atom. The first-order valence-corrected chi connectivity index (χ1v) is 48.4. The van der Waals surface area contributed by atoms with Crippen molar-refractivity contribution in [1.29, 1.82) is 0 Å². The first-order valence-electron chi connectivity index (χ1n) is 48.4. The summed E-state index contributed by atoms with van der Waals surface area (Å²) >= 11 is 0. The lowest BCUT2D eigenvalue weighted by Crippen LogP contribution is -2.62. The molecule has 0 bridgehead atoms. The van der Waals surface area contributed by atoms with Crippen LogP contribution in [0.15, 0.2) is 164 Å². The average Bonchev–Trinajstić information content (AvgIpc) is 0.681. The third-order valence-corrected chi connectivity index (χ3v) is 33.7. The van der Waals surface area contributed by atoms with Gasteiger partial charge in [0.15, 0.2) is 0 Å². The van der Waals surface area contributed by atoms with Crippen molar-refractivity contribution >= 4 is 91.3 Å². The summed E-state index contributed by atoms with van der Waals surface area (Å²) in [5.41, 5.74) is 47.0. The van der Waals surface area contributed by atoms with E-state index in [1.54, 1.807) is 5.56 Å². The molecule has 10 aromatic carbocycles. The summed E-state index contributed by atoms with van der Waals surface area (Å²) in [5.74, 6) is 0. The Bertz CT molecular complexity index is 5970. The van der Waals surface area contributed by atoms with Crippen molar-refractivity contribution in [1.82, 2.24) is 0 Å². The molecule has 0 atom stereocenters. The van der Waals surface area contributed by atoms with Crippen LogP contribution in [-0.2, 0) is 75.8 Å². The second-order valence-corrected chi connectivity index (χ2v) is 51.0. The summed E-state index contributed by atoms with van der Waals surface area (Å²) in [5, 5.41) is 0. The molecule has 5 heteroatoms. The fourth-order valence-electron chi connectivity index (χ4n) is 24.3. The van der Waals surface area contributed by atoms with Crippen molar-refractivity contribution in [3.63, 3.8) is 0 Å². The highest BCUT2D eigenvalue weighted by Crippen LogP contribution is 2.59. The number of aryl methyl sites for hydroxylation is 4. The molecule has 125 heavy (non-hydrogen) atoms. The molecule has 0 amide bonds. The molecule has 0 aromatic heterocycles. The fourth-order valence-corrected chi connectivity index (χ4v) is 24.3. The van der Waals surface area contributed by atoms with Crippen molar-refractivity contribution in [3.8, 4) is 0 Å². The van der Waals surface area contributed by atoms with Gasteiger partial charge in [0.1, 0.15) is 0 Å². The lowest BCUT2D eigenvalue weighted by Gasteiger charge is -2.49. The van der Waals surface area contributed by atoms with E-state index in [1.807, 2.05) is 0 Å². The van der Waals surface area contributed by atoms with E-state index in [0.29, 0.717) is 0 Å². The van der Waals surface area contributed by atoms with Crippen molar-refractivity contribution in [3.05, 3.63) is 264 Å². The van der Waals surface area contributed by atoms with Crippen LogP contribution in [-0.4, -0.2) is 6.71 Å². The van der Waals surface area contributed by atoms with Crippen LogP contribution in [0.5, 0.6) is 0 Å². The Labute approximate surface area is 758 Å². The number of rotatable bonds is 8. The van der Waals surface area contributed by atoms with Crippen molar-refractivity contribution < 1.29 is 0 Å². The molecule has 2 heterocycles. The van der Waals surface area contributed by atoms with Gasteiger partial charge in [-0.15, -0.1) is 0 Å². The maximum atomic E-state index is 2.72. The molecule has 0 radical (unpaired) electrons. The highest BCUT2D eigenvalue weighted by atomic mass is 15.2. The Balaban J connectivity index is 0.000000177. The fraction of sp³-hybridized carbons (Fsp3) is 0.500. The summed E-state index contributed by atoms with van der Waals surface area (Å²) in [7, 11) is 0. The van der Waals surface area contributed by atoms with Crippen LogP contribution in [0, 0.1) is 27.7 Å². The zero-order valence-corrected chi connectivity index (χ0v) is 83.9. The van der Waals surface area contributed by atoms with E-state index in [4.69, 9.17) is 0 Å². The van der Waals surface area contributed by atoms with E-state index in [1.165, 1.54) is 256 Å². The molecule has 8 aliphatic rings. The molecular formula is C120H153BN4. The molecule has 0 N–H and O–H groups in total. The minimum Gasteiger partial charge on any atom is -0.311 e. The molecule has 656 valence electrons. The summed E-state index contributed by atoms with van der Waals surface area (Å²) in [6, 6.07) is 67.4. The summed E-state index contributed by atoms with van der Waals surface area (Å²) in [6.07, 6.45) is 14.4. The van der Waals surface area contributed by atoms with Crippen molar-refractivity contribution in [2.45, 2.75) is 388 Å². The first-order chi connectivity index (χ1) is 57.7. The number of nitrogens with zero attached hydrogens (tertiary/aromatic N) is 4. The lowest BCUT2D eigenvalue weighted by molar-refractivity contribution is 0.332. The molecule has 0 saturated carbocycles. The van der Waals surface area contributed by atoms with E-state index in [2.05, 4.69) is 419 Å². The minimum absolute atomic E-state index is 0.0594. The van der Waals surface area contributed by atoms with Crippen LogP contribution in [0.3, 0.4) is 0 Å². The van der Waals surface area contributed by atoms with Crippen molar-refractivity contribution in [2.24, 2.45) is 0 Å². The summed E-state index contributed by atoms with van der Waals surface area (Å²) in [4.78, 5) is 10.6. The summed E-state index contributed by atoms with van der Waals surface area (Å²) < 4.78 is 0. The molecule has 0 unspecified atom stereocenters. The Hall–Kier alpha value is -8.54. The van der Waals surface area contributed by atoms with Crippen LogP contribution < -0.4 is 36.0 Å². The zero-order chi connectivity index (χ0) is 90.5. The van der Waals surface area contributed by atoms with Gasteiger partial charge in [-0.3, -0.25) is 0 Å². The van der Waals surface area contributed by atoms with Gasteiger partial charge in [-0.2, -0.15) is 0 Å². The normalized spacial score (nSPS) is 20.7. The minimum atomic E-state index is 0.0594. The predicted octanol–water partition coefficient (Wildman–Crippen LogP) is 32.3. The average molecular weight is 1660 g/mol. The smallest absolute Gasteiger partial charge is 0.252 e. The van der Waals surface area contributed by atoms with Gasteiger partial charge in [0, 0.05) is 68.2 Å². The third kappa shape index (κ3) is 14.9. The van der Waals surface area contributed by atoms with Gasteiger partial charge in [0.05, 0.1) is 0 Å². The first kappa shape index (κ1) is 88.5. The van der Waals surface area contributed by atoms with Gasteiger partial charge in [-0.05, 0) is 400 Å². The number of hydrogen-bond donors (Lipinski definition) is 0. The molecule has 0 fully saturated rings. The number of fused-ring (bicyclic) bond motifs is 10. The van der Waals surface area contributed by atoms with Crippen molar-refractivity contribution in [2.75, 3.05) is 19.6 Å². The standard InChI is InChI=1S/C60H75BN2.C60H78N2/c1-36-28-51-53-52(29-36)63(48-21-18-38(30-37(48)2)54(3,4)5)50-35-45-43(58(12,13)25-27-60(45,16)17)33-47(50)61(53)46-32-42-44(59(14,15)26-24-57(42,10)11)34-49(46)62(51)39-19-20-40-41(31-39)56(8,9)23-22-55(40,6)7;1-39-32-45(35-46(33-39)62(53-25-18-41(34-40(53)2)54(3,4)5)44-21-24-49-52(38-44)60(16,17)31-28-57(49,10)11)61(42-19-22-47-50(36-42)58(12,13)29-26-55(47,6)7)43-20-23-48-51(37-43)59(14,15)30-27-56(48,8)9/h18-21,28-35H,22-27H2,1-17H3;18-25,32-38H,26-31H2,1-17H3. The van der Waals surface area contributed by atoms with E-state index >= 15 is 0 Å². The highest BCUT2D eigenvalue weighted by Gasteiger charge is 2.51. The molecule has 0 spiro atoms. The monoisotopic (exact) mass is 1660 g/mol. The van der Waals surface area contributed by atoms with Gasteiger partial charge in [-0.1, -0.05) is 268 Å². The predicted molar refractivity (Wildman–Crippen MR) is 544 cm³/mol. The Morgan fingerprint density at radius 2 is 0.536 bits per heavy atom. The van der Waals surface area contributed by atoms with E-state index < -0.39 is 0 Å². The molecule has 0 saturated heterocycles. The van der Waals surface area contributed by atoms with Gasteiger partial charge in [-0.25, -0.2) is 0 Å². The van der Waals surface area contributed by atoms with Gasteiger partial charge in [0.2, 0.25) is 0 Å². The second-order valence-electron chi connectivity index (χ2n) is 51.0. The molecule has 6 aliphatic carbocycles. The molecule has 18 rings (SSSR count). The SMILES string of the molecule is Cc1cc(N(c2ccc3c(c2)C(C)(C)CCC3(C)C)c2ccc3c(c2)C(C)(C)CCC3(C)C)cc(N(c2ccc3c(c2)C(C)(C)CCC3(C)C)c2ccc(C(C)(C)C)cc2C)c1.Cc1cc2c3c(c1)N(c1ccc(C(C)(C)C)cc1C)c1cc4c(cc1B3c1cc3c(cc1N2c1ccc2c(c1)C(C)(C)CCC2(C)C)C(C)(C)CCC3(C)C)C(C)(C)CCC4(C)C. The number of hydrogen-bond acceptors (Lipinski definition) is 4. The maximum Gasteiger partial charge on any atom is 0.252 e. The quantitative estimate of drug-likeness (QED) is 0.141. The molecular weight excluding hydrogens is 1510 g/mol. The third-order valence-electron chi connectivity index (χ3n) is 33.7. The number of benzene rings is 10. The highest BCUT2D eigenvalue weighted by molar-refractivity contribution is 7.00. The molecule has 2 aliphatic heterocycles. The van der Waals surface area contributed by atoms with Gasteiger partial charge >= 0.3 is 0 Å². The summed E-state index contributed by atoms with van der Waals surface area (Å²) in [6.45, 7) is 82.5. The second kappa shape index (κ2) is 29.0. The van der Waals surface area contributed by atoms with Gasteiger partial charge in [0.25, 0.3) is 6.71 Å². The zero-order valence-electron chi connectivity index (χ0n) is 83.9. The van der Waals surface area contributed by atoms with Crippen LogP contribution in [0.4, 0.5) is 68.2 Å². The maximum absolute atomic E-state index is 2.72. The van der Waals surface area contributed by atoms with E-state index in [-0.39, 0.29) is 82.5 Å². The van der Waals surface area contributed by atoms with Crippen LogP contribution in [0.25, 0.3) is 0 Å².